The van der Waals surface area contributed by atoms with Gasteiger partial charge in [0.15, 0.2) is 5.69 Å². The summed E-state index contributed by atoms with van der Waals surface area (Å²) >= 11 is 0. The van der Waals surface area contributed by atoms with E-state index in [1.165, 1.54) is 17.7 Å². The van der Waals surface area contributed by atoms with Crippen LogP contribution in [0.25, 0.3) is 0 Å². The van der Waals surface area contributed by atoms with Crippen LogP contribution in [0.2, 0.25) is 0 Å². The van der Waals surface area contributed by atoms with E-state index in [9.17, 15) is 13.2 Å². The standard InChI is InChI=1S/C21H23N5O4S/c1-14-2-6-16(7-3-14)19-12-26-18(13-30-19)20(24-25-26)21(27)23-11-10-15-4-8-17(9-5-15)31(22,28)29/h2-9,19H,10-13H2,1H3,(H,23,27)(H2,22,28,29)/t19-/m1/s1. The number of hydrogen-bond acceptors (Lipinski definition) is 6. The van der Waals surface area contributed by atoms with Gasteiger partial charge in [0, 0.05) is 6.54 Å². The highest BCUT2D eigenvalue weighted by Gasteiger charge is 2.27. The minimum atomic E-state index is -3.71. The van der Waals surface area contributed by atoms with Gasteiger partial charge in [-0.2, -0.15) is 0 Å². The fourth-order valence-corrected chi connectivity index (χ4v) is 3.94. The Kier molecular flexibility index (Phi) is 5.86. The molecular weight excluding hydrogens is 418 g/mol. The Morgan fingerprint density at radius 3 is 2.58 bits per heavy atom. The monoisotopic (exact) mass is 441 g/mol. The molecular formula is C21H23N5O4S. The summed E-state index contributed by atoms with van der Waals surface area (Å²) in [5, 5.41) is 16.1. The Bertz CT molecular complexity index is 1190. The Morgan fingerprint density at radius 1 is 1.19 bits per heavy atom. The number of benzene rings is 2. The van der Waals surface area contributed by atoms with E-state index >= 15 is 0 Å². The number of hydrogen-bond donors (Lipinski definition) is 2. The number of nitrogens with zero attached hydrogens (tertiary/aromatic N) is 3. The van der Waals surface area contributed by atoms with Gasteiger partial charge in [0.1, 0.15) is 6.10 Å². The predicted molar refractivity (Wildman–Crippen MR) is 113 cm³/mol. The molecule has 2 aromatic carbocycles. The lowest BCUT2D eigenvalue weighted by molar-refractivity contribution is -0.00177. The molecule has 3 aromatic rings. The normalized spacial score (nSPS) is 16.0. The Hall–Kier alpha value is -3.08. The first kappa shape index (κ1) is 21.2. The van der Waals surface area contributed by atoms with Crippen LogP contribution < -0.4 is 10.5 Å². The van der Waals surface area contributed by atoms with E-state index in [0.29, 0.717) is 25.2 Å². The molecule has 0 spiro atoms. The third kappa shape index (κ3) is 4.82. The van der Waals surface area contributed by atoms with Gasteiger partial charge in [-0.15, -0.1) is 5.10 Å². The molecule has 1 aliphatic rings. The number of aromatic nitrogens is 3. The van der Waals surface area contributed by atoms with Crippen molar-refractivity contribution < 1.29 is 17.9 Å². The molecule has 0 unspecified atom stereocenters. The summed E-state index contributed by atoms with van der Waals surface area (Å²) < 4.78 is 30.3. The summed E-state index contributed by atoms with van der Waals surface area (Å²) in [4.78, 5) is 12.6. The van der Waals surface area contributed by atoms with Crippen LogP contribution in [0.15, 0.2) is 53.4 Å². The number of fused-ring (bicyclic) bond motifs is 1. The highest BCUT2D eigenvalue weighted by atomic mass is 32.2. The lowest BCUT2D eigenvalue weighted by atomic mass is 10.1. The molecule has 0 radical (unpaired) electrons. The second-order valence-corrected chi connectivity index (χ2v) is 9.03. The topological polar surface area (TPSA) is 129 Å². The van der Waals surface area contributed by atoms with Crippen LogP contribution in [-0.4, -0.2) is 35.9 Å². The number of aryl methyl sites for hydroxylation is 1. The largest absolute Gasteiger partial charge is 0.365 e. The summed E-state index contributed by atoms with van der Waals surface area (Å²) in [7, 11) is -3.71. The molecule has 162 valence electrons. The van der Waals surface area contributed by atoms with Gasteiger partial charge in [0.25, 0.3) is 5.91 Å². The Balaban J connectivity index is 1.35. The molecule has 0 saturated heterocycles. The van der Waals surface area contributed by atoms with Crippen molar-refractivity contribution in [2.45, 2.75) is 37.5 Å². The van der Waals surface area contributed by atoms with Gasteiger partial charge in [-0.3, -0.25) is 4.79 Å². The highest BCUT2D eigenvalue weighted by molar-refractivity contribution is 7.89. The first-order valence-corrected chi connectivity index (χ1v) is 11.4. The van der Waals surface area contributed by atoms with Crippen LogP contribution in [0.5, 0.6) is 0 Å². The molecule has 1 aromatic heterocycles. The molecule has 0 fully saturated rings. The van der Waals surface area contributed by atoms with E-state index in [2.05, 4.69) is 15.6 Å². The van der Waals surface area contributed by atoms with Gasteiger partial charge < -0.3 is 10.1 Å². The summed E-state index contributed by atoms with van der Waals surface area (Å²) in [5.74, 6) is -0.320. The fourth-order valence-electron chi connectivity index (χ4n) is 3.42. The predicted octanol–water partition coefficient (Wildman–Crippen LogP) is 1.48. The number of primary sulfonamides is 1. The number of sulfonamides is 1. The molecule has 0 bridgehead atoms. The zero-order valence-corrected chi connectivity index (χ0v) is 17.8. The molecule has 1 aliphatic heterocycles. The molecule has 0 saturated carbocycles. The van der Waals surface area contributed by atoms with Gasteiger partial charge in [-0.05, 0) is 36.6 Å². The summed E-state index contributed by atoms with van der Waals surface area (Å²) in [6, 6.07) is 14.4. The molecule has 3 N–H and O–H groups in total. The smallest absolute Gasteiger partial charge is 0.273 e. The van der Waals surface area contributed by atoms with Crippen LogP contribution in [0.4, 0.5) is 0 Å². The quantitative estimate of drug-likeness (QED) is 0.596. The van der Waals surface area contributed by atoms with Gasteiger partial charge in [-0.25, -0.2) is 18.2 Å². The van der Waals surface area contributed by atoms with Crippen molar-refractivity contribution in [2.24, 2.45) is 5.14 Å². The Morgan fingerprint density at radius 2 is 1.90 bits per heavy atom. The number of rotatable bonds is 6. The molecule has 9 nitrogen and oxygen atoms in total. The molecule has 0 aliphatic carbocycles. The third-order valence-corrected chi connectivity index (χ3v) is 6.14. The van der Waals surface area contributed by atoms with Crippen LogP contribution in [-0.2, 0) is 34.3 Å². The van der Waals surface area contributed by atoms with Crippen molar-refractivity contribution in [1.82, 2.24) is 20.3 Å². The number of carbonyl (C=O) groups excluding carboxylic acids is 1. The third-order valence-electron chi connectivity index (χ3n) is 5.21. The first-order valence-electron chi connectivity index (χ1n) is 9.82. The van der Waals surface area contributed by atoms with E-state index < -0.39 is 10.0 Å². The van der Waals surface area contributed by atoms with Crippen molar-refractivity contribution in [3.63, 3.8) is 0 Å². The summed E-state index contributed by atoms with van der Waals surface area (Å²) in [5.41, 5.74) is 4.03. The minimum Gasteiger partial charge on any atom is -0.365 e. The summed E-state index contributed by atoms with van der Waals surface area (Å²) in [6.07, 6.45) is 0.401. The zero-order chi connectivity index (χ0) is 22.0. The average molecular weight is 442 g/mol. The molecule has 1 amide bonds. The molecule has 10 heteroatoms. The highest BCUT2D eigenvalue weighted by Crippen LogP contribution is 2.27. The molecule has 2 heterocycles. The maximum absolute atomic E-state index is 12.6. The molecule has 1 atom stereocenters. The van der Waals surface area contributed by atoms with E-state index in [0.717, 1.165) is 11.1 Å². The lowest BCUT2D eigenvalue weighted by Gasteiger charge is -2.24. The first-order chi connectivity index (χ1) is 14.8. The van der Waals surface area contributed by atoms with E-state index in [-0.39, 0.29) is 29.2 Å². The van der Waals surface area contributed by atoms with E-state index in [1.54, 1.807) is 16.8 Å². The zero-order valence-electron chi connectivity index (χ0n) is 17.0. The SMILES string of the molecule is Cc1ccc([C@H]2Cn3nnc(C(=O)NCCc4ccc(S(N)(=O)=O)cc4)c3CO2)cc1. The number of carbonyl (C=O) groups is 1. The van der Waals surface area contributed by atoms with Crippen molar-refractivity contribution in [1.29, 1.82) is 0 Å². The van der Waals surface area contributed by atoms with Crippen molar-refractivity contribution in [2.75, 3.05) is 6.54 Å². The molecule has 4 rings (SSSR count). The summed E-state index contributed by atoms with van der Waals surface area (Å²) in [6.45, 7) is 3.15. The van der Waals surface area contributed by atoms with Crippen LogP contribution in [0, 0.1) is 6.92 Å². The lowest BCUT2D eigenvalue weighted by Crippen LogP contribution is -2.29. The Labute approximate surface area is 180 Å². The van der Waals surface area contributed by atoms with Crippen molar-refractivity contribution >= 4 is 15.9 Å². The second kappa shape index (κ2) is 8.58. The van der Waals surface area contributed by atoms with Crippen molar-refractivity contribution in [3.05, 3.63) is 76.6 Å². The number of nitrogens with one attached hydrogen (secondary N) is 1. The fraction of sp³-hybridized carbons (Fsp3) is 0.286. The van der Waals surface area contributed by atoms with E-state index in [1.807, 2.05) is 31.2 Å². The van der Waals surface area contributed by atoms with Gasteiger partial charge >= 0.3 is 0 Å². The van der Waals surface area contributed by atoms with Crippen LogP contribution >= 0.6 is 0 Å². The van der Waals surface area contributed by atoms with Gasteiger partial charge in [0.2, 0.25) is 10.0 Å². The number of nitrogens with two attached hydrogens (primary N) is 1. The van der Waals surface area contributed by atoms with Crippen LogP contribution in [0.3, 0.4) is 0 Å². The minimum absolute atomic E-state index is 0.0555. The van der Waals surface area contributed by atoms with Gasteiger partial charge in [0.05, 0.1) is 23.7 Å². The number of ether oxygens (including phenoxy) is 1. The van der Waals surface area contributed by atoms with E-state index in [4.69, 9.17) is 9.88 Å². The molecule has 31 heavy (non-hydrogen) atoms. The second-order valence-electron chi connectivity index (χ2n) is 7.47. The average Bonchev–Trinajstić information content (AvgIpc) is 3.17. The van der Waals surface area contributed by atoms with Crippen molar-refractivity contribution in [3.8, 4) is 0 Å². The number of amides is 1. The maximum Gasteiger partial charge on any atom is 0.273 e. The van der Waals surface area contributed by atoms with Crippen LogP contribution in [0.1, 0.15) is 39.0 Å². The van der Waals surface area contributed by atoms with Gasteiger partial charge in [-0.1, -0.05) is 47.2 Å². The maximum atomic E-state index is 12.6.